The number of hydrogen-bond acceptors (Lipinski definition) is 7. The van der Waals surface area contributed by atoms with Crippen LogP contribution in [-0.4, -0.2) is 40.6 Å². The molecule has 0 aliphatic carbocycles. The van der Waals surface area contributed by atoms with E-state index in [1.54, 1.807) is 0 Å². The monoisotopic (exact) mass is 341 g/mol. The molecule has 0 unspecified atom stereocenters. The molecule has 2 aromatic rings. The minimum atomic E-state index is -0.513. The molecule has 1 amide bonds. The van der Waals surface area contributed by atoms with Gasteiger partial charge in [0.05, 0.1) is 22.0 Å². The second-order valence-corrected chi connectivity index (χ2v) is 6.22. The van der Waals surface area contributed by atoms with Gasteiger partial charge >= 0.3 is 5.00 Å². The Morgan fingerprint density at radius 3 is 2.92 bits per heavy atom. The number of carbonyl (C=O) groups is 1. The highest BCUT2D eigenvalue weighted by Gasteiger charge is 2.30. The Balaban J connectivity index is 1.64. The number of para-hydroxylation sites is 1. The third-order valence-electron chi connectivity index (χ3n) is 3.69. The van der Waals surface area contributed by atoms with Gasteiger partial charge in [0.15, 0.2) is 0 Å². The lowest BCUT2D eigenvalue weighted by atomic mass is 10.1. The number of rotatable bonds is 2. The standard InChI is InChI=1S/C15H11N5O3S/c21-14(11-5-6-12(24-11)20(22)23)18-15-17-10-4-2-1-3-9(10)13-16-7-8-19(13)15/h1-6H,7-8H2,(H,17,18,21). The number of amides is 1. The molecule has 0 saturated heterocycles. The fourth-order valence-electron chi connectivity index (χ4n) is 2.63. The first-order valence-corrected chi connectivity index (χ1v) is 8.01. The molecule has 1 N–H and O–H groups in total. The molecular formula is C15H11N5O3S. The first kappa shape index (κ1) is 14.5. The molecule has 8 nitrogen and oxygen atoms in total. The number of fused-ring (bicyclic) bond motifs is 3. The van der Waals surface area contributed by atoms with Crippen LogP contribution >= 0.6 is 11.3 Å². The Labute approximate surface area is 140 Å². The van der Waals surface area contributed by atoms with Gasteiger partial charge in [0.1, 0.15) is 5.84 Å². The SMILES string of the molecule is O=C(NC1=Nc2ccccc2C2=NCCN12)c1ccc([N+](=O)[O-])s1. The summed E-state index contributed by atoms with van der Waals surface area (Å²) < 4.78 is 0. The third-order valence-corrected chi connectivity index (χ3v) is 4.72. The van der Waals surface area contributed by atoms with Crippen LogP contribution in [0.1, 0.15) is 15.2 Å². The van der Waals surface area contributed by atoms with E-state index in [-0.39, 0.29) is 9.88 Å². The van der Waals surface area contributed by atoms with Crippen LogP contribution in [0.15, 0.2) is 46.4 Å². The van der Waals surface area contributed by atoms with Crippen LogP contribution in [0.3, 0.4) is 0 Å². The first-order chi connectivity index (χ1) is 11.6. The van der Waals surface area contributed by atoms with Crippen molar-refractivity contribution in [2.45, 2.75) is 0 Å². The number of thiophene rings is 1. The van der Waals surface area contributed by atoms with E-state index >= 15 is 0 Å². The molecule has 24 heavy (non-hydrogen) atoms. The topological polar surface area (TPSA) is 100 Å². The fraction of sp³-hybridized carbons (Fsp3) is 0.133. The van der Waals surface area contributed by atoms with Crippen molar-refractivity contribution in [1.82, 2.24) is 10.2 Å². The Morgan fingerprint density at radius 2 is 2.12 bits per heavy atom. The van der Waals surface area contributed by atoms with Gasteiger partial charge in [-0.3, -0.25) is 30.1 Å². The summed E-state index contributed by atoms with van der Waals surface area (Å²) in [5.74, 6) is 0.761. The second kappa shape index (κ2) is 5.53. The molecule has 0 bridgehead atoms. The Bertz CT molecular complexity index is 917. The Kier molecular flexibility index (Phi) is 3.35. The molecule has 2 aliphatic heterocycles. The minimum absolute atomic E-state index is 0.0699. The van der Waals surface area contributed by atoms with E-state index in [1.807, 2.05) is 29.2 Å². The highest BCUT2D eigenvalue weighted by Crippen LogP contribution is 2.28. The number of hydrogen-bond donors (Lipinski definition) is 1. The van der Waals surface area contributed by atoms with Crippen molar-refractivity contribution >= 4 is 39.7 Å². The quantitative estimate of drug-likeness (QED) is 0.668. The zero-order valence-corrected chi connectivity index (χ0v) is 13.1. The number of amidine groups is 1. The maximum absolute atomic E-state index is 12.4. The van der Waals surface area contributed by atoms with Gasteiger partial charge in [0, 0.05) is 18.2 Å². The highest BCUT2D eigenvalue weighted by atomic mass is 32.1. The third kappa shape index (κ3) is 2.35. The summed E-state index contributed by atoms with van der Waals surface area (Å²) in [5, 5.41) is 13.4. The van der Waals surface area contributed by atoms with Gasteiger partial charge in [-0.2, -0.15) is 0 Å². The number of guanidine groups is 1. The molecule has 120 valence electrons. The second-order valence-electron chi connectivity index (χ2n) is 5.16. The molecular weight excluding hydrogens is 330 g/mol. The molecule has 0 spiro atoms. The molecule has 2 aliphatic rings. The summed E-state index contributed by atoms with van der Waals surface area (Å²) in [6.07, 6.45) is 0. The zero-order chi connectivity index (χ0) is 16.7. The van der Waals surface area contributed by atoms with Gasteiger partial charge in [0.2, 0.25) is 5.96 Å². The molecule has 0 atom stereocenters. The lowest BCUT2D eigenvalue weighted by Gasteiger charge is -2.27. The average molecular weight is 341 g/mol. The Morgan fingerprint density at radius 1 is 1.29 bits per heavy atom. The van der Waals surface area contributed by atoms with Gasteiger partial charge in [-0.05, 0) is 18.2 Å². The van der Waals surface area contributed by atoms with Crippen molar-refractivity contribution in [2.75, 3.05) is 13.1 Å². The molecule has 0 saturated carbocycles. The summed E-state index contributed by atoms with van der Waals surface area (Å²) >= 11 is 0.834. The van der Waals surface area contributed by atoms with E-state index in [2.05, 4.69) is 15.3 Å². The lowest BCUT2D eigenvalue weighted by Crippen LogP contribution is -2.47. The van der Waals surface area contributed by atoms with Crippen LogP contribution in [0.4, 0.5) is 10.7 Å². The molecule has 9 heteroatoms. The summed E-state index contributed by atoms with van der Waals surface area (Å²) in [7, 11) is 0. The van der Waals surface area contributed by atoms with E-state index in [1.165, 1.54) is 12.1 Å². The van der Waals surface area contributed by atoms with Crippen LogP contribution in [-0.2, 0) is 0 Å². The van der Waals surface area contributed by atoms with Crippen molar-refractivity contribution in [2.24, 2.45) is 9.98 Å². The molecule has 1 aromatic carbocycles. The maximum atomic E-state index is 12.4. The van der Waals surface area contributed by atoms with Crippen molar-refractivity contribution in [1.29, 1.82) is 0 Å². The van der Waals surface area contributed by atoms with Crippen LogP contribution in [0, 0.1) is 10.1 Å². The predicted molar refractivity (Wildman–Crippen MR) is 90.1 cm³/mol. The number of nitrogens with zero attached hydrogens (tertiary/aromatic N) is 4. The number of aliphatic imine (C=N–C) groups is 2. The predicted octanol–water partition coefficient (Wildman–Crippen LogP) is 2.15. The molecule has 1 aromatic heterocycles. The number of nitro groups is 1. The van der Waals surface area contributed by atoms with Crippen molar-refractivity contribution in [3.63, 3.8) is 0 Å². The zero-order valence-electron chi connectivity index (χ0n) is 12.3. The van der Waals surface area contributed by atoms with Gasteiger partial charge in [-0.25, -0.2) is 4.99 Å². The maximum Gasteiger partial charge on any atom is 0.324 e. The lowest BCUT2D eigenvalue weighted by molar-refractivity contribution is -0.380. The van der Waals surface area contributed by atoms with Crippen LogP contribution in [0.25, 0.3) is 0 Å². The molecule has 0 fully saturated rings. The van der Waals surface area contributed by atoms with Gasteiger partial charge in [-0.1, -0.05) is 23.5 Å². The van der Waals surface area contributed by atoms with Crippen LogP contribution in [0.5, 0.6) is 0 Å². The van der Waals surface area contributed by atoms with Gasteiger partial charge in [0.25, 0.3) is 5.91 Å². The van der Waals surface area contributed by atoms with Gasteiger partial charge < -0.3 is 0 Å². The van der Waals surface area contributed by atoms with Gasteiger partial charge in [-0.15, -0.1) is 0 Å². The van der Waals surface area contributed by atoms with E-state index < -0.39 is 10.8 Å². The van der Waals surface area contributed by atoms with Crippen molar-refractivity contribution in [3.8, 4) is 0 Å². The summed E-state index contributed by atoms with van der Waals surface area (Å²) in [6.45, 7) is 1.26. The highest BCUT2D eigenvalue weighted by molar-refractivity contribution is 7.17. The Hall–Kier alpha value is -3.07. The largest absolute Gasteiger partial charge is 0.324 e. The number of nitrogens with one attached hydrogen (secondary N) is 1. The van der Waals surface area contributed by atoms with E-state index in [4.69, 9.17) is 0 Å². The average Bonchev–Trinajstić information content (AvgIpc) is 3.25. The fourth-order valence-corrected chi connectivity index (χ4v) is 3.34. The van der Waals surface area contributed by atoms with Crippen LogP contribution in [0.2, 0.25) is 0 Å². The molecule has 3 heterocycles. The number of benzene rings is 1. The van der Waals surface area contributed by atoms with Crippen molar-refractivity contribution < 1.29 is 9.72 Å². The van der Waals surface area contributed by atoms with E-state index in [0.717, 1.165) is 28.4 Å². The van der Waals surface area contributed by atoms with E-state index in [9.17, 15) is 14.9 Å². The summed E-state index contributed by atoms with van der Waals surface area (Å²) in [6, 6.07) is 10.3. The molecule has 4 rings (SSSR count). The first-order valence-electron chi connectivity index (χ1n) is 7.19. The van der Waals surface area contributed by atoms with E-state index in [0.29, 0.717) is 19.0 Å². The summed E-state index contributed by atoms with van der Waals surface area (Å²) in [4.78, 5) is 33.7. The summed E-state index contributed by atoms with van der Waals surface area (Å²) in [5.41, 5.74) is 1.67. The molecule has 0 radical (unpaired) electrons. The van der Waals surface area contributed by atoms with Crippen molar-refractivity contribution in [3.05, 3.63) is 57.0 Å². The van der Waals surface area contributed by atoms with Crippen LogP contribution < -0.4 is 5.32 Å². The number of carbonyl (C=O) groups excluding carboxylic acids is 1. The normalized spacial score (nSPS) is 15.2. The smallest absolute Gasteiger partial charge is 0.294 e. The minimum Gasteiger partial charge on any atom is -0.294 e.